The molecular weight excluding hydrogens is 482 g/mol. The minimum atomic E-state index is -0.427. The van der Waals surface area contributed by atoms with E-state index in [2.05, 4.69) is 49.4 Å². The summed E-state index contributed by atoms with van der Waals surface area (Å²) in [7, 11) is 3.86. The van der Waals surface area contributed by atoms with Gasteiger partial charge < -0.3 is 24.1 Å². The van der Waals surface area contributed by atoms with Gasteiger partial charge in [0.15, 0.2) is 11.5 Å². The van der Waals surface area contributed by atoms with Gasteiger partial charge in [0.2, 0.25) is 6.79 Å². The summed E-state index contributed by atoms with van der Waals surface area (Å²) in [6, 6.07) is 3.97. The van der Waals surface area contributed by atoms with Gasteiger partial charge in [0.05, 0.1) is 31.9 Å². The molecule has 2 aromatic carbocycles. The summed E-state index contributed by atoms with van der Waals surface area (Å²) in [5.41, 5.74) is 7.59. The minimum Gasteiger partial charge on any atom is -0.496 e. The van der Waals surface area contributed by atoms with E-state index in [0.29, 0.717) is 24.5 Å². The molecule has 0 amide bonds. The van der Waals surface area contributed by atoms with Gasteiger partial charge in [-0.05, 0) is 62.9 Å². The molecule has 6 rings (SSSR count). The Morgan fingerprint density at radius 3 is 2.58 bits per heavy atom. The second kappa shape index (κ2) is 9.19. The molecule has 0 spiro atoms. The van der Waals surface area contributed by atoms with Gasteiger partial charge in [0.1, 0.15) is 24.1 Å². The maximum absolute atomic E-state index is 10.9. The molecule has 1 fully saturated rings. The van der Waals surface area contributed by atoms with E-state index in [1.807, 2.05) is 6.92 Å². The lowest BCUT2D eigenvalue weighted by Crippen LogP contribution is -2.68. The highest BCUT2D eigenvalue weighted by molar-refractivity contribution is 5.66. The van der Waals surface area contributed by atoms with Crippen LogP contribution in [0.1, 0.15) is 51.0 Å². The number of fused-ring (bicyclic) bond motifs is 9. The summed E-state index contributed by atoms with van der Waals surface area (Å²) in [6.45, 7) is 10.4. The number of hydrogen-bond donors (Lipinski definition) is 1. The third kappa shape index (κ3) is 3.25. The van der Waals surface area contributed by atoms with Crippen molar-refractivity contribution in [1.29, 1.82) is 5.26 Å². The molecule has 4 aliphatic heterocycles. The number of aliphatic hydroxyl groups excluding tert-OH is 1. The van der Waals surface area contributed by atoms with Crippen LogP contribution in [0.15, 0.2) is 18.7 Å². The van der Waals surface area contributed by atoms with Crippen molar-refractivity contribution in [3.8, 4) is 29.1 Å². The van der Waals surface area contributed by atoms with E-state index >= 15 is 0 Å². The molecule has 8 nitrogen and oxygen atoms in total. The van der Waals surface area contributed by atoms with Crippen molar-refractivity contribution in [1.82, 2.24) is 9.80 Å². The van der Waals surface area contributed by atoms with E-state index in [1.54, 1.807) is 13.2 Å². The molecule has 2 bridgehead atoms. The van der Waals surface area contributed by atoms with Gasteiger partial charge in [-0.15, -0.1) is 0 Å². The van der Waals surface area contributed by atoms with Gasteiger partial charge in [-0.25, -0.2) is 0 Å². The zero-order valence-corrected chi connectivity index (χ0v) is 22.7. The summed E-state index contributed by atoms with van der Waals surface area (Å²) in [4.78, 5) is 4.63. The number of nitrogens with zero attached hydrogens (tertiary/aromatic N) is 3. The first-order valence-electron chi connectivity index (χ1n) is 13.2. The van der Waals surface area contributed by atoms with Gasteiger partial charge >= 0.3 is 0 Å². The maximum atomic E-state index is 10.9. The van der Waals surface area contributed by atoms with E-state index in [1.165, 1.54) is 11.1 Å². The molecule has 8 heteroatoms. The second-order valence-corrected chi connectivity index (χ2v) is 10.8. The van der Waals surface area contributed by atoms with Crippen LogP contribution < -0.4 is 18.9 Å². The molecule has 2 aromatic rings. The number of ether oxygens (including phenoxy) is 4. The quantitative estimate of drug-likeness (QED) is 0.601. The standard InChI is InChI=1S/C30H35N3O5/c1-7-8-36-28-17(4)29-30(38-14-37-29)25-19(28)11-21-26-24-16(3)27(35-6)15(2)9-18(24)10-20(32(26)5)22(12-31)33(21)23(25)13-34/h7,9,20-23,26,34H,1,8,10-11,13-14H2,2-6H3/t20-,21?,22-,23-,26-/m0/s1. The van der Waals surface area contributed by atoms with Crippen LogP contribution in [0.5, 0.6) is 23.0 Å². The van der Waals surface area contributed by atoms with Gasteiger partial charge in [0, 0.05) is 28.8 Å². The lowest BCUT2D eigenvalue weighted by Gasteiger charge is -2.60. The van der Waals surface area contributed by atoms with Gasteiger partial charge in [-0.3, -0.25) is 9.80 Å². The first kappa shape index (κ1) is 25.1. The number of rotatable bonds is 5. The topological polar surface area (TPSA) is 87.4 Å². The lowest BCUT2D eigenvalue weighted by molar-refractivity contribution is -0.0821. The molecule has 5 atom stereocenters. The van der Waals surface area contributed by atoms with Crippen LogP contribution in [0.2, 0.25) is 0 Å². The number of aliphatic hydroxyl groups is 1. The molecule has 4 aliphatic rings. The number of likely N-dealkylation sites (N-methyl/N-ethyl adjacent to an activating group) is 1. The average molecular weight is 518 g/mol. The highest BCUT2D eigenvalue weighted by Crippen LogP contribution is 2.57. The Morgan fingerprint density at radius 1 is 1.13 bits per heavy atom. The van der Waals surface area contributed by atoms with Crippen LogP contribution >= 0.6 is 0 Å². The van der Waals surface area contributed by atoms with Crippen molar-refractivity contribution in [3.05, 3.63) is 57.7 Å². The Balaban J connectivity index is 1.60. The van der Waals surface area contributed by atoms with Crippen molar-refractivity contribution in [2.75, 3.05) is 34.2 Å². The van der Waals surface area contributed by atoms with Gasteiger partial charge in [-0.1, -0.05) is 18.7 Å². The SMILES string of the molecule is C=CCOc1c(C)c2c(c3c1CC1[C@H]4c5c(cc(C)c(OC)c5C)C[C@@H]([C@H](C#N)N1[C@H]3CO)N4C)OCO2. The second-order valence-electron chi connectivity index (χ2n) is 10.8. The van der Waals surface area contributed by atoms with Crippen molar-refractivity contribution in [3.63, 3.8) is 0 Å². The summed E-state index contributed by atoms with van der Waals surface area (Å²) in [5.74, 6) is 2.99. The predicted octanol–water partition coefficient (Wildman–Crippen LogP) is 3.68. The van der Waals surface area contributed by atoms with Crippen LogP contribution in [-0.4, -0.2) is 67.2 Å². The third-order valence-electron chi connectivity index (χ3n) is 9.06. The Kier molecular flexibility index (Phi) is 6.06. The van der Waals surface area contributed by atoms with E-state index < -0.39 is 12.1 Å². The van der Waals surface area contributed by atoms with E-state index in [-0.39, 0.29) is 31.5 Å². The van der Waals surface area contributed by atoms with E-state index in [4.69, 9.17) is 18.9 Å². The smallest absolute Gasteiger partial charge is 0.231 e. The molecular formula is C30H35N3O5. The molecule has 200 valence electrons. The molecule has 1 saturated heterocycles. The van der Waals surface area contributed by atoms with Gasteiger partial charge in [0.25, 0.3) is 0 Å². The first-order chi connectivity index (χ1) is 18.4. The first-order valence-corrected chi connectivity index (χ1v) is 13.2. The normalized spacial score (nSPS) is 27.1. The third-order valence-corrected chi connectivity index (χ3v) is 9.06. The number of piperazine rings is 1. The lowest BCUT2D eigenvalue weighted by atomic mass is 9.71. The maximum Gasteiger partial charge on any atom is 0.231 e. The predicted molar refractivity (Wildman–Crippen MR) is 142 cm³/mol. The van der Waals surface area contributed by atoms with Gasteiger partial charge in [-0.2, -0.15) is 5.26 Å². The fraction of sp³-hybridized carbons (Fsp3) is 0.500. The molecule has 4 heterocycles. The fourth-order valence-corrected chi connectivity index (χ4v) is 7.68. The largest absolute Gasteiger partial charge is 0.496 e. The number of nitriles is 1. The summed E-state index contributed by atoms with van der Waals surface area (Å²) in [6.07, 6.45) is 3.14. The highest BCUT2D eigenvalue weighted by Gasteiger charge is 2.56. The van der Waals surface area contributed by atoms with Crippen molar-refractivity contribution >= 4 is 0 Å². The number of methoxy groups -OCH3 is 1. The number of aryl methyl sites for hydroxylation is 1. The monoisotopic (exact) mass is 517 g/mol. The number of hydrogen-bond acceptors (Lipinski definition) is 8. The molecule has 0 saturated carbocycles. The number of benzene rings is 2. The van der Waals surface area contributed by atoms with Crippen molar-refractivity contribution in [2.24, 2.45) is 0 Å². The molecule has 38 heavy (non-hydrogen) atoms. The van der Waals surface area contributed by atoms with Crippen molar-refractivity contribution < 1.29 is 24.1 Å². The Bertz CT molecular complexity index is 1370. The van der Waals surface area contributed by atoms with Crippen LogP contribution in [0.3, 0.4) is 0 Å². The fourth-order valence-electron chi connectivity index (χ4n) is 7.68. The van der Waals surface area contributed by atoms with Crippen LogP contribution in [0.4, 0.5) is 0 Å². The van der Waals surface area contributed by atoms with Crippen LogP contribution in [0.25, 0.3) is 0 Å². The van der Waals surface area contributed by atoms with E-state index in [9.17, 15) is 10.4 Å². The molecule has 0 aromatic heterocycles. The molecule has 1 unspecified atom stereocenters. The zero-order chi connectivity index (χ0) is 26.9. The van der Waals surface area contributed by atoms with Crippen LogP contribution in [0, 0.1) is 32.1 Å². The Morgan fingerprint density at radius 2 is 1.89 bits per heavy atom. The Labute approximate surface area is 224 Å². The molecule has 0 aliphatic carbocycles. The van der Waals surface area contributed by atoms with Crippen molar-refractivity contribution in [2.45, 2.75) is 63.8 Å². The summed E-state index contributed by atoms with van der Waals surface area (Å²) < 4.78 is 24.0. The summed E-state index contributed by atoms with van der Waals surface area (Å²) >= 11 is 0. The van der Waals surface area contributed by atoms with E-state index in [0.717, 1.165) is 45.7 Å². The summed E-state index contributed by atoms with van der Waals surface area (Å²) in [5, 5.41) is 21.5. The zero-order valence-electron chi connectivity index (χ0n) is 22.7. The molecule has 1 N–H and O–H groups in total. The average Bonchev–Trinajstić information content (AvgIpc) is 3.39. The van der Waals surface area contributed by atoms with Crippen LogP contribution in [-0.2, 0) is 12.8 Å². The Hall–Kier alpha value is -3.25. The highest BCUT2D eigenvalue weighted by atomic mass is 16.7. The minimum absolute atomic E-state index is 0.0105. The molecule has 0 radical (unpaired) electrons.